The van der Waals surface area contributed by atoms with Crippen molar-refractivity contribution in [2.75, 3.05) is 19.0 Å². The van der Waals surface area contributed by atoms with Crippen LogP contribution in [0, 0.1) is 17.4 Å². The van der Waals surface area contributed by atoms with Crippen LogP contribution in [0.5, 0.6) is 0 Å². The lowest BCUT2D eigenvalue weighted by Crippen LogP contribution is -2.17. The van der Waals surface area contributed by atoms with Crippen LogP contribution in [-0.2, 0) is 20.8 Å². The number of thiophene rings is 1. The molecule has 2 aromatic heterocycles. The van der Waals surface area contributed by atoms with Crippen LogP contribution >= 0.6 is 33.9 Å². The molecule has 1 N–H and O–H groups in total. The van der Waals surface area contributed by atoms with E-state index in [0.717, 1.165) is 20.6 Å². The van der Waals surface area contributed by atoms with Crippen LogP contribution in [0.2, 0.25) is 0 Å². The fraction of sp³-hybridized carbons (Fsp3) is 0.444. The van der Waals surface area contributed by atoms with Crippen LogP contribution in [0.4, 0.5) is 5.00 Å². The van der Waals surface area contributed by atoms with Crippen LogP contribution < -0.4 is 5.32 Å². The minimum absolute atomic E-state index is 0.173. The van der Waals surface area contributed by atoms with Crippen molar-refractivity contribution in [1.29, 1.82) is 0 Å². The number of amides is 1. The number of hydrogen-bond donors (Lipinski definition) is 1. The Morgan fingerprint density at radius 3 is 2.57 bits per heavy atom. The first-order valence-corrected chi connectivity index (χ1v) is 10.6. The fourth-order valence-electron chi connectivity index (χ4n) is 2.45. The van der Waals surface area contributed by atoms with Gasteiger partial charge in [0.05, 0.1) is 35.6 Å². The number of nitrogens with zero attached hydrogens (tertiary/aromatic N) is 2. The molecule has 8 nitrogen and oxygen atoms in total. The second kappa shape index (κ2) is 10.0. The van der Waals surface area contributed by atoms with Gasteiger partial charge in [0.15, 0.2) is 0 Å². The standard InChI is InChI=1S/C18H22IN3O5S/c1-5-8-27-17(24)14-10(2)15(18(25)26-4)28-16(14)21-13(23)6-7-22-11(3)12(19)9-20-22/h9H,5-8H2,1-4H3,(H,21,23). The number of halogens is 1. The van der Waals surface area contributed by atoms with E-state index in [1.807, 2.05) is 13.8 Å². The van der Waals surface area contributed by atoms with Crippen molar-refractivity contribution in [3.63, 3.8) is 0 Å². The van der Waals surface area contributed by atoms with Crippen molar-refractivity contribution < 1.29 is 23.9 Å². The quantitative estimate of drug-likeness (QED) is 0.423. The van der Waals surface area contributed by atoms with Crippen LogP contribution in [0.1, 0.15) is 51.1 Å². The molecule has 0 bridgehead atoms. The van der Waals surface area contributed by atoms with E-state index in [4.69, 9.17) is 9.47 Å². The van der Waals surface area contributed by atoms with Gasteiger partial charge in [0.1, 0.15) is 9.88 Å². The average molecular weight is 519 g/mol. The third kappa shape index (κ3) is 5.10. The minimum Gasteiger partial charge on any atom is -0.465 e. The first-order valence-electron chi connectivity index (χ1n) is 8.66. The monoisotopic (exact) mass is 519 g/mol. The normalized spacial score (nSPS) is 10.6. The number of carbonyl (C=O) groups is 3. The average Bonchev–Trinajstić information content (AvgIpc) is 3.17. The molecule has 0 spiro atoms. The molecule has 0 radical (unpaired) electrons. The molecule has 0 aliphatic carbocycles. The van der Waals surface area contributed by atoms with E-state index >= 15 is 0 Å². The van der Waals surface area contributed by atoms with Gasteiger partial charge in [0.2, 0.25) is 5.91 Å². The van der Waals surface area contributed by atoms with Crippen LogP contribution in [-0.4, -0.2) is 41.3 Å². The lowest BCUT2D eigenvalue weighted by Gasteiger charge is -2.08. The second-order valence-electron chi connectivity index (χ2n) is 5.99. The van der Waals surface area contributed by atoms with E-state index in [0.29, 0.717) is 18.5 Å². The highest BCUT2D eigenvalue weighted by molar-refractivity contribution is 14.1. The Morgan fingerprint density at radius 1 is 1.29 bits per heavy atom. The molecule has 0 atom stereocenters. The van der Waals surface area contributed by atoms with Crippen molar-refractivity contribution in [1.82, 2.24) is 9.78 Å². The summed E-state index contributed by atoms with van der Waals surface area (Å²) in [7, 11) is 1.27. The molecule has 0 saturated heterocycles. The van der Waals surface area contributed by atoms with E-state index in [9.17, 15) is 14.4 Å². The summed E-state index contributed by atoms with van der Waals surface area (Å²) in [4.78, 5) is 37.1. The van der Waals surface area contributed by atoms with Crippen molar-refractivity contribution >= 4 is 56.8 Å². The smallest absolute Gasteiger partial charge is 0.348 e. The molecule has 152 valence electrons. The molecule has 0 aliphatic rings. The number of aromatic nitrogens is 2. The fourth-order valence-corrected chi connectivity index (χ4v) is 3.98. The molecule has 0 fully saturated rings. The summed E-state index contributed by atoms with van der Waals surface area (Å²) in [6, 6.07) is 0. The van der Waals surface area contributed by atoms with Gasteiger partial charge in [-0.3, -0.25) is 9.48 Å². The van der Waals surface area contributed by atoms with Gasteiger partial charge in [0.25, 0.3) is 0 Å². The maximum atomic E-state index is 12.4. The van der Waals surface area contributed by atoms with Crippen molar-refractivity contribution in [3.8, 4) is 0 Å². The highest BCUT2D eigenvalue weighted by Crippen LogP contribution is 2.34. The van der Waals surface area contributed by atoms with E-state index in [1.165, 1.54) is 7.11 Å². The third-order valence-corrected chi connectivity index (χ3v) is 6.25. The zero-order valence-corrected chi connectivity index (χ0v) is 19.1. The highest BCUT2D eigenvalue weighted by atomic mass is 127. The molecular weight excluding hydrogens is 497 g/mol. The largest absolute Gasteiger partial charge is 0.465 e. The predicted octanol–water partition coefficient (Wildman–Crippen LogP) is 3.55. The molecule has 0 aliphatic heterocycles. The van der Waals surface area contributed by atoms with Gasteiger partial charge in [-0.25, -0.2) is 9.59 Å². The molecule has 0 aromatic carbocycles. The third-order valence-electron chi connectivity index (χ3n) is 4.01. The summed E-state index contributed by atoms with van der Waals surface area (Å²) in [6.45, 7) is 6.11. The molecule has 0 unspecified atom stereocenters. The number of methoxy groups -OCH3 is 1. The van der Waals surface area contributed by atoms with Crippen molar-refractivity contribution in [2.24, 2.45) is 0 Å². The van der Waals surface area contributed by atoms with Gasteiger partial charge >= 0.3 is 11.9 Å². The molecule has 28 heavy (non-hydrogen) atoms. The Balaban J connectivity index is 2.19. The number of aryl methyl sites for hydroxylation is 1. The highest BCUT2D eigenvalue weighted by Gasteiger charge is 2.27. The van der Waals surface area contributed by atoms with Crippen molar-refractivity contribution in [3.05, 3.63) is 31.5 Å². The van der Waals surface area contributed by atoms with Gasteiger partial charge < -0.3 is 14.8 Å². The molecule has 2 aromatic rings. The second-order valence-corrected chi connectivity index (χ2v) is 8.17. The Hall–Kier alpha value is -1.95. The van der Waals surface area contributed by atoms with Gasteiger partial charge in [-0.15, -0.1) is 11.3 Å². The minimum atomic E-state index is -0.571. The lowest BCUT2D eigenvalue weighted by atomic mass is 10.1. The number of rotatable bonds is 8. The SMILES string of the molecule is CCCOC(=O)c1c(NC(=O)CCn2ncc(I)c2C)sc(C(=O)OC)c1C. The topological polar surface area (TPSA) is 99.5 Å². The molecule has 1 amide bonds. The molecule has 0 saturated carbocycles. The summed E-state index contributed by atoms with van der Waals surface area (Å²) >= 11 is 3.19. The summed E-state index contributed by atoms with van der Waals surface area (Å²) in [5, 5.41) is 7.24. The zero-order valence-electron chi connectivity index (χ0n) is 16.1. The molecule has 10 heteroatoms. The number of esters is 2. The Bertz CT molecular complexity index is 890. The maximum absolute atomic E-state index is 12.4. The number of carbonyl (C=O) groups excluding carboxylic acids is 3. The Morgan fingerprint density at radius 2 is 2.00 bits per heavy atom. The van der Waals surface area contributed by atoms with Crippen LogP contribution in [0.3, 0.4) is 0 Å². The van der Waals surface area contributed by atoms with E-state index in [2.05, 4.69) is 33.0 Å². The van der Waals surface area contributed by atoms with Gasteiger partial charge in [0, 0.05) is 12.1 Å². The molecular formula is C18H22IN3O5S. The number of hydrogen-bond acceptors (Lipinski definition) is 7. The maximum Gasteiger partial charge on any atom is 0.348 e. The van der Waals surface area contributed by atoms with Crippen LogP contribution in [0.25, 0.3) is 0 Å². The lowest BCUT2D eigenvalue weighted by molar-refractivity contribution is -0.116. The van der Waals surface area contributed by atoms with E-state index in [1.54, 1.807) is 17.8 Å². The van der Waals surface area contributed by atoms with E-state index in [-0.39, 0.29) is 34.4 Å². The van der Waals surface area contributed by atoms with Crippen molar-refractivity contribution in [2.45, 2.75) is 40.2 Å². The summed E-state index contributed by atoms with van der Waals surface area (Å²) in [5.41, 5.74) is 1.61. The predicted molar refractivity (Wildman–Crippen MR) is 114 cm³/mol. The first-order chi connectivity index (χ1) is 13.3. The summed E-state index contributed by atoms with van der Waals surface area (Å²) in [5.74, 6) is -1.42. The number of nitrogens with one attached hydrogen (secondary N) is 1. The summed E-state index contributed by atoms with van der Waals surface area (Å²) < 4.78 is 12.7. The zero-order chi connectivity index (χ0) is 20.8. The number of anilines is 1. The van der Waals surface area contributed by atoms with Gasteiger partial charge in [-0.2, -0.15) is 5.10 Å². The molecule has 2 heterocycles. The van der Waals surface area contributed by atoms with Gasteiger partial charge in [-0.1, -0.05) is 6.92 Å². The summed E-state index contributed by atoms with van der Waals surface area (Å²) in [6.07, 6.45) is 2.58. The van der Waals surface area contributed by atoms with Gasteiger partial charge in [-0.05, 0) is 48.4 Å². The number of ether oxygens (including phenoxy) is 2. The van der Waals surface area contributed by atoms with E-state index < -0.39 is 11.9 Å². The van der Waals surface area contributed by atoms with Crippen LogP contribution in [0.15, 0.2) is 6.20 Å². The Kier molecular flexibility index (Phi) is 7.98. The Labute approximate surface area is 180 Å². The first kappa shape index (κ1) is 22.3. The molecule has 2 rings (SSSR count).